The van der Waals surface area contributed by atoms with E-state index in [1.807, 2.05) is 60.7 Å². The van der Waals surface area contributed by atoms with Crippen LogP contribution in [0.3, 0.4) is 0 Å². The predicted molar refractivity (Wildman–Crippen MR) is 111 cm³/mol. The highest BCUT2D eigenvalue weighted by Gasteiger charge is 2.22. The van der Waals surface area contributed by atoms with Gasteiger partial charge in [0.25, 0.3) is 11.8 Å². The Balaban J connectivity index is 1.54. The molecule has 2 aromatic carbocycles. The van der Waals surface area contributed by atoms with Crippen molar-refractivity contribution in [1.82, 2.24) is 26.1 Å². The van der Waals surface area contributed by atoms with Gasteiger partial charge in [-0.1, -0.05) is 60.7 Å². The van der Waals surface area contributed by atoms with Gasteiger partial charge in [0.1, 0.15) is 11.8 Å². The number of hydrogen-bond donors (Lipinski definition) is 4. The molecule has 9 nitrogen and oxygen atoms in total. The van der Waals surface area contributed by atoms with Crippen LogP contribution in [0, 0.1) is 0 Å². The Hall–Kier alpha value is -4.24. The predicted octanol–water partition coefficient (Wildman–Crippen LogP) is 1.81. The standard InChI is InChI=1S/C22H19N5O4/c28-20(26-18(14-7-3-1-4-8-14)15-9-5-2-6-10-15)17-12-23-19(27-21(17)29)22(30)25-16-11-24-31-13-16/h1-10,12-13,18,24H,11H2,(H,25,30)(H,26,28)(H,23,27,29). The van der Waals surface area contributed by atoms with E-state index in [9.17, 15) is 14.7 Å². The first kappa shape index (κ1) is 20.0. The van der Waals surface area contributed by atoms with E-state index in [1.165, 1.54) is 6.26 Å². The lowest BCUT2D eigenvalue weighted by atomic mass is 9.98. The largest absolute Gasteiger partial charge is 0.493 e. The highest BCUT2D eigenvalue weighted by Crippen LogP contribution is 2.23. The Morgan fingerprint density at radius 1 is 1.00 bits per heavy atom. The molecule has 1 aliphatic heterocycles. The van der Waals surface area contributed by atoms with Crippen molar-refractivity contribution in [2.24, 2.45) is 0 Å². The van der Waals surface area contributed by atoms with Gasteiger partial charge in [-0.25, -0.2) is 4.98 Å². The van der Waals surface area contributed by atoms with Gasteiger partial charge < -0.3 is 20.6 Å². The topological polar surface area (TPSA) is 125 Å². The number of aromatic nitrogens is 2. The summed E-state index contributed by atoms with van der Waals surface area (Å²) in [7, 11) is 0. The second-order valence-corrected chi connectivity index (χ2v) is 6.69. The van der Waals surface area contributed by atoms with Crippen LogP contribution in [0.4, 0.5) is 0 Å². The highest BCUT2D eigenvalue weighted by atomic mass is 16.6. The summed E-state index contributed by atoms with van der Waals surface area (Å²) < 4.78 is 0. The zero-order chi connectivity index (χ0) is 21.6. The number of carbonyl (C=O) groups is 2. The maximum Gasteiger partial charge on any atom is 0.293 e. The van der Waals surface area contributed by atoms with Crippen LogP contribution in [-0.4, -0.2) is 33.4 Å². The maximum absolute atomic E-state index is 12.9. The number of rotatable bonds is 6. The van der Waals surface area contributed by atoms with E-state index in [0.29, 0.717) is 12.2 Å². The molecule has 2 amide bonds. The minimum atomic E-state index is -0.632. The molecular weight excluding hydrogens is 398 g/mol. The zero-order valence-electron chi connectivity index (χ0n) is 16.3. The number of nitrogens with zero attached hydrogens (tertiary/aromatic N) is 2. The molecule has 0 saturated heterocycles. The first-order valence-electron chi connectivity index (χ1n) is 9.47. The van der Waals surface area contributed by atoms with E-state index >= 15 is 0 Å². The van der Waals surface area contributed by atoms with Crippen LogP contribution < -0.4 is 16.1 Å². The molecule has 0 bridgehead atoms. The molecular formula is C22H19N5O4. The van der Waals surface area contributed by atoms with Crippen LogP contribution in [0.2, 0.25) is 0 Å². The lowest BCUT2D eigenvalue weighted by Gasteiger charge is -2.20. The van der Waals surface area contributed by atoms with E-state index in [4.69, 9.17) is 4.84 Å². The van der Waals surface area contributed by atoms with E-state index in [-0.39, 0.29) is 11.4 Å². The van der Waals surface area contributed by atoms with Gasteiger partial charge in [0.15, 0.2) is 0 Å². The van der Waals surface area contributed by atoms with Crippen LogP contribution in [0.1, 0.15) is 38.1 Å². The normalized spacial score (nSPS) is 12.7. The van der Waals surface area contributed by atoms with Crippen LogP contribution in [-0.2, 0) is 4.84 Å². The second kappa shape index (κ2) is 9.06. The molecule has 0 spiro atoms. The molecule has 0 aliphatic carbocycles. The Morgan fingerprint density at radius 3 is 2.19 bits per heavy atom. The molecule has 0 atom stereocenters. The number of hydrogen-bond acceptors (Lipinski definition) is 7. The molecule has 2 heterocycles. The Bertz CT molecular complexity index is 1080. The van der Waals surface area contributed by atoms with E-state index in [2.05, 4.69) is 26.1 Å². The fraction of sp³-hybridized carbons (Fsp3) is 0.0909. The van der Waals surface area contributed by atoms with Gasteiger partial charge in [0.05, 0.1) is 18.3 Å². The van der Waals surface area contributed by atoms with Gasteiger partial charge in [-0.05, 0) is 11.1 Å². The average molecular weight is 417 g/mol. The Kier molecular flexibility index (Phi) is 5.86. The Morgan fingerprint density at radius 2 is 1.65 bits per heavy atom. The molecule has 4 N–H and O–H groups in total. The fourth-order valence-corrected chi connectivity index (χ4v) is 3.05. The summed E-state index contributed by atoms with van der Waals surface area (Å²) in [5, 5.41) is 15.7. The molecule has 9 heteroatoms. The smallest absolute Gasteiger partial charge is 0.293 e. The Labute approximate surface area is 177 Å². The van der Waals surface area contributed by atoms with Gasteiger partial charge in [-0.3, -0.25) is 9.59 Å². The number of carbonyl (C=O) groups excluding carboxylic acids is 2. The molecule has 1 aromatic heterocycles. The lowest BCUT2D eigenvalue weighted by Crippen LogP contribution is -2.30. The first-order valence-corrected chi connectivity index (χ1v) is 9.47. The summed E-state index contributed by atoms with van der Waals surface area (Å²) in [4.78, 5) is 37.6. The summed E-state index contributed by atoms with van der Waals surface area (Å²) in [6.07, 6.45) is 2.46. The van der Waals surface area contributed by atoms with Crippen molar-refractivity contribution in [2.75, 3.05) is 6.54 Å². The summed E-state index contributed by atoms with van der Waals surface area (Å²) >= 11 is 0. The highest BCUT2D eigenvalue weighted by molar-refractivity contribution is 5.97. The third-order valence-electron chi connectivity index (χ3n) is 4.58. The van der Waals surface area contributed by atoms with Gasteiger partial charge in [0.2, 0.25) is 11.7 Å². The molecule has 0 fully saturated rings. The van der Waals surface area contributed by atoms with Crippen molar-refractivity contribution in [3.63, 3.8) is 0 Å². The SMILES string of the molecule is O=C(NC1=CONC1)c1ncc(C(=O)NC(c2ccccc2)c2ccccc2)c(O)n1. The van der Waals surface area contributed by atoms with Crippen LogP contribution >= 0.6 is 0 Å². The number of aromatic hydroxyl groups is 1. The fourth-order valence-electron chi connectivity index (χ4n) is 3.05. The molecule has 156 valence electrons. The van der Waals surface area contributed by atoms with Crippen molar-refractivity contribution < 1.29 is 19.5 Å². The quantitative estimate of drug-likeness (QED) is 0.482. The van der Waals surface area contributed by atoms with E-state index in [1.54, 1.807) is 0 Å². The summed E-state index contributed by atoms with van der Waals surface area (Å²) in [6, 6.07) is 18.5. The van der Waals surface area contributed by atoms with Gasteiger partial charge in [-0.2, -0.15) is 10.5 Å². The number of nitrogens with one attached hydrogen (secondary N) is 3. The third-order valence-corrected chi connectivity index (χ3v) is 4.58. The van der Waals surface area contributed by atoms with E-state index < -0.39 is 23.7 Å². The van der Waals surface area contributed by atoms with Crippen molar-refractivity contribution in [2.45, 2.75) is 6.04 Å². The van der Waals surface area contributed by atoms with Crippen molar-refractivity contribution in [3.05, 3.63) is 101 Å². The van der Waals surface area contributed by atoms with Crippen LogP contribution in [0.5, 0.6) is 5.88 Å². The average Bonchev–Trinajstić information content (AvgIpc) is 3.31. The van der Waals surface area contributed by atoms with Crippen LogP contribution in [0.25, 0.3) is 0 Å². The van der Waals surface area contributed by atoms with Gasteiger partial charge in [-0.15, -0.1) is 0 Å². The van der Waals surface area contributed by atoms with Gasteiger partial charge in [0, 0.05) is 6.20 Å². The molecule has 3 aromatic rings. The molecule has 0 radical (unpaired) electrons. The van der Waals surface area contributed by atoms with Gasteiger partial charge >= 0.3 is 0 Å². The van der Waals surface area contributed by atoms with Crippen molar-refractivity contribution in [3.8, 4) is 5.88 Å². The summed E-state index contributed by atoms with van der Waals surface area (Å²) in [6.45, 7) is 0.318. The zero-order valence-corrected chi connectivity index (χ0v) is 16.3. The first-order chi connectivity index (χ1) is 15.1. The van der Waals surface area contributed by atoms with E-state index in [0.717, 1.165) is 17.3 Å². The third kappa shape index (κ3) is 4.68. The lowest BCUT2D eigenvalue weighted by molar-refractivity contribution is 0.0928. The van der Waals surface area contributed by atoms with Crippen molar-refractivity contribution >= 4 is 11.8 Å². The molecule has 31 heavy (non-hydrogen) atoms. The summed E-state index contributed by atoms with van der Waals surface area (Å²) in [5.74, 6) is -2.07. The second-order valence-electron chi connectivity index (χ2n) is 6.69. The maximum atomic E-state index is 12.9. The molecule has 1 aliphatic rings. The van der Waals surface area contributed by atoms with Crippen molar-refractivity contribution in [1.29, 1.82) is 0 Å². The minimum Gasteiger partial charge on any atom is -0.493 e. The number of amides is 2. The molecule has 0 saturated carbocycles. The molecule has 4 rings (SSSR count). The van der Waals surface area contributed by atoms with Crippen LogP contribution in [0.15, 0.2) is 78.8 Å². The minimum absolute atomic E-state index is 0.140. The monoisotopic (exact) mass is 417 g/mol. The summed E-state index contributed by atoms with van der Waals surface area (Å²) in [5.41, 5.74) is 4.66. The molecule has 0 unspecified atom stereocenters. The number of benzene rings is 2. The number of hydroxylamine groups is 1.